The Morgan fingerprint density at radius 2 is 1.68 bits per heavy atom. The van der Waals surface area contributed by atoms with Crippen molar-refractivity contribution in [2.75, 3.05) is 36.4 Å². The number of carbonyl (C=O) groups excluding carboxylic acids is 1. The van der Waals surface area contributed by atoms with E-state index >= 15 is 0 Å². The van der Waals surface area contributed by atoms with E-state index in [1.54, 1.807) is 30.9 Å². The van der Waals surface area contributed by atoms with Crippen LogP contribution in [0.4, 0.5) is 11.8 Å². The van der Waals surface area contributed by atoms with Crippen LogP contribution in [0.25, 0.3) is 0 Å². The molecule has 8 heteroatoms. The minimum atomic E-state index is -0.00240. The summed E-state index contributed by atoms with van der Waals surface area (Å²) in [5.41, 5.74) is 1.53. The van der Waals surface area contributed by atoms with Crippen LogP contribution in [0.3, 0.4) is 0 Å². The van der Waals surface area contributed by atoms with Crippen molar-refractivity contribution in [1.29, 1.82) is 0 Å². The van der Waals surface area contributed by atoms with Gasteiger partial charge in [0.2, 0.25) is 5.95 Å². The molecule has 3 aromatic rings. The smallest absolute Gasteiger partial charge is 0.255 e. The summed E-state index contributed by atoms with van der Waals surface area (Å²) in [4.78, 5) is 33.8. The van der Waals surface area contributed by atoms with Gasteiger partial charge in [-0.25, -0.2) is 15.0 Å². The van der Waals surface area contributed by atoms with Gasteiger partial charge in [-0.1, -0.05) is 6.07 Å². The Hall–Kier alpha value is -3.55. The van der Waals surface area contributed by atoms with E-state index in [0.29, 0.717) is 50.1 Å². The first-order valence-corrected chi connectivity index (χ1v) is 9.21. The van der Waals surface area contributed by atoms with Gasteiger partial charge in [0.25, 0.3) is 5.91 Å². The Kier molecular flexibility index (Phi) is 5.37. The highest BCUT2D eigenvalue weighted by atomic mass is 16.2. The van der Waals surface area contributed by atoms with E-state index in [1.165, 1.54) is 0 Å². The van der Waals surface area contributed by atoms with E-state index < -0.39 is 0 Å². The molecule has 142 valence electrons. The summed E-state index contributed by atoms with van der Waals surface area (Å²) in [6, 6.07) is 11.2. The van der Waals surface area contributed by atoms with E-state index in [9.17, 15) is 4.79 Å². The highest BCUT2D eigenvalue weighted by molar-refractivity contribution is 5.94. The number of nitrogens with zero attached hydrogens (tertiary/aromatic N) is 6. The number of hydrogen-bond donors (Lipinski definition) is 1. The van der Waals surface area contributed by atoms with Gasteiger partial charge in [-0.2, -0.15) is 0 Å². The van der Waals surface area contributed by atoms with Crippen LogP contribution in [0, 0.1) is 0 Å². The summed E-state index contributed by atoms with van der Waals surface area (Å²) in [7, 11) is 0. The predicted molar refractivity (Wildman–Crippen MR) is 106 cm³/mol. The molecule has 4 rings (SSSR count). The van der Waals surface area contributed by atoms with Gasteiger partial charge < -0.3 is 15.1 Å². The summed E-state index contributed by atoms with van der Waals surface area (Å²) in [6.45, 7) is 3.29. The van der Waals surface area contributed by atoms with Crippen molar-refractivity contribution in [1.82, 2.24) is 24.8 Å². The number of hydrogen-bond acceptors (Lipinski definition) is 7. The standard InChI is InChI=1S/C20H21N7O/c28-19(26-10-12-27(13-11-26)20-22-8-3-9-23-20)16-5-6-18(24-14-16)25-15-17-4-1-2-7-21-17/h1-9,14H,10-13,15H2,(H,24,25). The lowest BCUT2D eigenvalue weighted by Gasteiger charge is -2.34. The van der Waals surface area contributed by atoms with Crippen LogP contribution in [0.2, 0.25) is 0 Å². The predicted octanol–water partition coefficient (Wildman–Crippen LogP) is 1.84. The zero-order chi connectivity index (χ0) is 19.2. The summed E-state index contributed by atoms with van der Waals surface area (Å²) in [5, 5.41) is 3.21. The summed E-state index contributed by atoms with van der Waals surface area (Å²) in [6.07, 6.45) is 6.84. The highest BCUT2D eigenvalue weighted by Crippen LogP contribution is 2.13. The minimum Gasteiger partial charge on any atom is -0.364 e. The molecule has 1 N–H and O–H groups in total. The average Bonchev–Trinajstić information content (AvgIpc) is 2.79. The van der Waals surface area contributed by atoms with Gasteiger partial charge in [-0.3, -0.25) is 9.78 Å². The molecule has 4 heterocycles. The van der Waals surface area contributed by atoms with E-state index in [2.05, 4.69) is 30.2 Å². The zero-order valence-electron chi connectivity index (χ0n) is 15.4. The summed E-state index contributed by atoms with van der Waals surface area (Å²) >= 11 is 0. The minimum absolute atomic E-state index is 0.00240. The van der Waals surface area contributed by atoms with Gasteiger partial charge in [0.05, 0.1) is 17.8 Å². The SMILES string of the molecule is O=C(c1ccc(NCc2ccccn2)nc1)N1CCN(c2ncccn2)CC1. The fourth-order valence-electron chi connectivity index (χ4n) is 3.06. The molecular weight excluding hydrogens is 354 g/mol. The number of nitrogens with one attached hydrogen (secondary N) is 1. The number of pyridine rings is 2. The van der Waals surface area contributed by atoms with Crippen molar-refractivity contribution in [2.24, 2.45) is 0 Å². The molecular formula is C20H21N7O. The van der Waals surface area contributed by atoms with Crippen molar-refractivity contribution < 1.29 is 4.79 Å². The molecule has 1 fully saturated rings. The molecule has 1 amide bonds. The normalized spacial score (nSPS) is 14.0. The molecule has 0 bridgehead atoms. The molecule has 0 radical (unpaired) electrons. The Bertz CT molecular complexity index is 895. The maximum absolute atomic E-state index is 12.7. The van der Waals surface area contributed by atoms with E-state index in [-0.39, 0.29) is 5.91 Å². The topological polar surface area (TPSA) is 87.1 Å². The van der Waals surface area contributed by atoms with Crippen molar-refractivity contribution in [3.05, 3.63) is 72.4 Å². The summed E-state index contributed by atoms with van der Waals surface area (Å²) < 4.78 is 0. The molecule has 8 nitrogen and oxygen atoms in total. The number of piperazine rings is 1. The maximum Gasteiger partial charge on any atom is 0.255 e. The van der Waals surface area contributed by atoms with Gasteiger partial charge in [0.1, 0.15) is 5.82 Å². The molecule has 0 aliphatic carbocycles. The molecule has 0 saturated carbocycles. The van der Waals surface area contributed by atoms with Crippen LogP contribution in [0.5, 0.6) is 0 Å². The van der Waals surface area contributed by atoms with Crippen LogP contribution in [0.15, 0.2) is 61.2 Å². The van der Waals surface area contributed by atoms with Crippen molar-refractivity contribution in [3.63, 3.8) is 0 Å². The first kappa shape index (κ1) is 17.8. The Labute approximate surface area is 163 Å². The van der Waals surface area contributed by atoms with Gasteiger partial charge >= 0.3 is 0 Å². The van der Waals surface area contributed by atoms with Gasteiger partial charge in [0.15, 0.2) is 0 Å². The first-order valence-electron chi connectivity index (χ1n) is 9.21. The van der Waals surface area contributed by atoms with Crippen LogP contribution in [-0.2, 0) is 6.54 Å². The van der Waals surface area contributed by atoms with Crippen LogP contribution in [0.1, 0.15) is 16.1 Å². The van der Waals surface area contributed by atoms with Gasteiger partial charge in [-0.05, 0) is 30.3 Å². The number of carbonyl (C=O) groups is 1. The second-order valence-electron chi connectivity index (χ2n) is 6.43. The fourth-order valence-corrected chi connectivity index (χ4v) is 3.06. The molecule has 0 atom stereocenters. The third kappa shape index (κ3) is 4.22. The Morgan fingerprint density at radius 3 is 2.36 bits per heavy atom. The van der Waals surface area contributed by atoms with E-state index in [4.69, 9.17) is 0 Å². The largest absolute Gasteiger partial charge is 0.364 e. The number of anilines is 2. The molecule has 3 aromatic heterocycles. The van der Waals surface area contributed by atoms with E-state index in [0.717, 1.165) is 5.69 Å². The first-order chi connectivity index (χ1) is 13.8. The van der Waals surface area contributed by atoms with Gasteiger partial charge in [0, 0.05) is 51.0 Å². The van der Waals surface area contributed by atoms with Crippen LogP contribution in [-0.4, -0.2) is 56.9 Å². The summed E-state index contributed by atoms with van der Waals surface area (Å²) in [5.74, 6) is 1.42. The lowest BCUT2D eigenvalue weighted by Crippen LogP contribution is -2.49. The Morgan fingerprint density at radius 1 is 0.893 bits per heavy atom. The van der Waals surface area contributed by atoms with Crippen molar-refractivity contribution in [2.45, 2.75) is 6.54 Å². The molecule has 0 spiro atoms. The number of rotatable bonds is 5. The average molecular weight is 375 g/mol. The van der Waals surface area contributed by atoms with Crippen molar-refractivity contribution >= 4 is 17.7 Å². The molecule has 0 unspecified atom stereocenters. The monoisotopic (exact) mass is 375 g/mol. The molecule has 0 aromatic carbocycles. The lowest BCUT2D eigenvalue weighted by molar-refractivity contribution is 0.0746. The quantitative estimate of drug-likeness (QED) is 0.728. The van der Waals surface area contributed by atoms with Crippen LogP contribution >= 0.6 is 0 Å². The van der Waals surface area contributed by atoms with E-state index in [1.807, 2.05) is 35.2 Å². The second kappa shape index (κ2) is 8.43. The highest BCUT2D eigenvalue weighted by Gasteiger charge is 2.23. The van der Waals surface area contributed by atoms with Crippen LogP contribution < -0.4 is 10.2 Å². The molecule has 28 heavy (non-hydrogen) atoms. The molecule has 1 saturated heterocycles. The fraction of sp³-hybridized carbons (Fsp3) is 0.250. The van der Waals surface area contributed by atoms with Gasteiger partial charge in [-0.15, -0.1) is 0 Å². The Balaban J connectivity index is 1.31. The third-order valence-corrected chi connectivity index (χ3v) is 4.59. The lowest BCUT2D eigenvalue weighted by atomic mass is 10.2. The molecule has 1 aliphatic heterocycles. The van der Waals surface area contributed by atoms with Crippen molar-refractivity contribution in [3.8, 4) is 0 Å². The zero-order valence-corrected chi connectivity index (χ0v) is 15.4. The third-order valence-electron chi connectivity index (χ3n) is 4.59. The number of aromatic nitrogens is 4. The number of amides is 1. The second-order valence-corrected chi connectivity index (χ2v) is 6.43. The maximum atomic E-state index is 12.7. The molecule has 1 aliphatic rings.